The zero-order chi connectivity index (χ0) is 11.5. The lowest BCUT2D eigenvalue weighted by molar-refractivity contribution is 0.0875. The van der Waals surface area contributed by atoms with Crippen LogP contribution in [0.4, 0.5) is 5.82 Å². The molecule has 2 N–H and O–H groups in total. The van der Waals surface area contributed by atoms with E-state index in [2.05, 4.69) is 16.9 Å². The van der Waals surface area contributed by atoms with Crippen LogP contribution in [0.15, 0.2) is 0 Å². The van der Waals surface area contributed by atoms with E-state index in [4.69, 9.17) is 10.5 Å². The van der Waals surface area contributed by atoms with E-state index in [1.54, 1.807) is 7.11 Å². The van der Waals surface area contributed by atoms with Gasteiger partial charge in [-0.05, 0) is 25.7 Å². The first-order valence-electron chi connectivity index (χ1n) is 5.94. The zero-order valence-electron chi connectivity index (χ0n) is 9.99. The minimum Gasteiger partial charge on any atom is -0.383 e. The van der Waals surface area contributed by atoms with Crippen molar-refractivity contribution in [1.82, 2.24) is 9.97 Å². The summed E-state index contributed by atoms with van der Waals surface area (Å²) in [6.07, 6.45) is 5.17. The van der Waals surface area contributed by atoms with Gasteiger partial charge in [-0.15, -0.1) is 0 Å². The molecule has 1 aliphatic carbocycles. The van der Waals surface area contributed by atoms with Gasteiger partial charge < -0.3 is 10.5 Å². The van der Waals surface area contributed by atoms with E-state index in [1.807, 2.05) is 0 Å². The summed E-state index contributed by atoms with van der Waals surface area (Å²) in [5.74, 6) is 1.40. The molecule has 0 saturated heterocycles. The number of anilines is 1. The van der Waals surface area contributed by atoms with Crippen molar-refractivity contribution < 1.29 is 4.74 Å². The van der Waals surface area contributed by atoms with Crippen LogP contribution in [-0.2, 0) is 17.6 Å². The van der Waals surface area contributed by atoms with Gasteiger partial charge in [0.05, 0.1) is 0 Å². The predicted molar refractivity (Wildman–Crippen MR) is 63.1 cm³/mol. The first-order chi connectivity index (χ1) is 7.76. The van der Waals surface area contributed by atoms with E-state index >= 15 is 0 Å². The van der Waals surface area contributed by atoms with Gasteiger partial charge in [0.1, 0.15) is 11.9 Å². The highest BCUT2D eigenvalue weighted by atomic mass is 16.5. The number of nitrogen functional groups attached to an aromatic ring is 1. The highest BCUT2D eigenvalue weighted by Gasteiger charge is 2.21. The molecule has 88 valence electrons. The Hall–Kier alpha value is -1.16. The Labute approximate surface area is 96.2 Å². The molecule has 0 radical (unpaired) electrons. The normalized spacial score (nSPS) is 16.1. The van der Waals surface area contributed by atoms with E-state index in [0.717, 1.165) is 49.2 Å². The summed E-state index contributed by atoms with van der Waals surface area (Å²) in [7, 11) is 1.70. The van der Waals surface area contributed by atoms with Gasteiger partial charge in [-0.3, -0.25) is 0 Å². The molecule has 0 fully saturated rings. The molecule has 1 unspecified atom stereocenters. The van der Waals surface area contributed by atoms with Gasteiger partial charge in [-0.2, -0.15) is 0 Å². The van der Waals surface area contributed by atoms with E-state index in [-0.39, 0.29) is 6.10 Å². The number of aromatic nitrogens is 2. The van der Waals surface area contributed by atoms with Crippen LogP contribution in [0.5, 0.6) is 0 Å². The van der Waals surface area contributed by atoms with Crippen LogP contribution in [0.3, 0.4) is 0 Å². The molecule has 1 atom stereocenters. The van der Waals surface area contributed by atoms with Crippen molar-refractivity contribution >= 4 is 5.82 Å². The molecule has 0 amide bonds. The maximum absolute atomic E-state index is 5.95. The van der Waals surface area contributed by atoms with Crippen molar-refractivity contribution in [1.29, 1.82) is 0 Å². The lowest BCUT2D eigenvalue weighted by Gasteiger charge is -2.14. The third-order valence-corrected chi connectivity index (χ3v) is 3.11. The molecule has 16 heavy (non-hydrogen) atoms. The van der Waals surface area contributed by atoms with Gasteiger partial charge in [0.15, 0.2) is 5.82 Å². The fourth-order valence-corrected chi connectivity index (χ4v) is 2.24. The molecule has 0 spiro atoms. The Bertz CT molecular complexity index is 379. The van der Waals surface area contributed by atoms with Crippen LogP contribution < -0.4 is 5.73 Å². The van der Waals surface area contributed by atoms with Crippen LogP contribution in [0.25, 0.3) is 0 Å². The minimum absolute atomic E-state index is 0.0156. The maximum atomic E-state index is 5.95. The van der Waals surface area contributed by atoms with E-state index in [1.165, 1.54) is 0 Å². The van der Waals surface area contributed by atoms with Gasteiger partial charge in [0.25, 0.3) is 0 Å². The van der Waals surface area contributed by atoms with Crippen LogP contribution in [-0.4, -0.2) is 17.1 Å². The molecule has 1 aromatic rings. The Morgan fingerprint density at radius 3 is 2.88 bits per heavy atom. The number of rotatable bonds is 4. The third kappa shape index (κ3) is 2.02. The Kier molecular flexibility index (Phi) is 3.39. The van der Waals surface area contributed by atoms with Gasteiger partial charge >= 0.3 is 0 Å². The van der Waals surface area contributed by atoms with Crippen LogP contribution in [0.1, 0.15) is 49.4 Å². The van der Waals surface area contributed by atoms with Gasteiger partial charge in [0, 0.05) is 18.4 Å². The highest BCUT2D eigenvalue weighted by molar-refractivity contribution is 5.44. The standard InChI is InChI=1S/C12H19N3O/c1-3-5-10(16-2)12-14-9-7-4-6-8(9)11(13)15-12/h10H,3-7H2,1-2H3,(H2,13,14,15). The largest absolute Gasteiger partial charge is 0.383 e. The van der Waals surface area contributed by atoms with Gasteiger partial charge in [-0.25, -0.2) is 9.97 Å². The summed E-state index contributed by atoms with van der Waals surface area (Å²) in [6.45, 7) is 2.13. The Morgan fingerprint density at radius 2 is 2.19 bits per heavy atom. The molecule has 0 aromatic carbocycles. The molecule has 1 aromatic heterocycles. The van der Waals surface area contributed by atoms with Crippen molar-refractivity contribution in [2.45, 2.75) is 45.1 Å². The SMILES string of the molecule is CCCC(OC)c1nc(N)c2c(n1)CCC2. The monoisotopic (exact) mass is 221 g/mol. The average Bonchev–Trinajstić information content (AvgIpc) is 2.74. The van der Waals surface area contributed by atoms with Crippen LogP contribution >= 0.6 is 0 Å². The summed E-state index contributed by atoms with van der Waals surface area (Å²) in [4.78, 5) is 8.96. The maximum Gasteiger partial charge on any atom is 0.159 e. The smallest absolute Gasteiger partial charge is 0.159 e. The summed E-state index contributed by atoms with van der Waals surface area (Å²) < 4.78 is 5.41. The number of nitrogens with two attached hydrogens (primary N) is 1. The minimum atomic E-state index is -0.0156. The molecule has 4 heteroatoms. The lowest BCUT2D eigenvalue weighted by Crippen LogP contribution is -2.11. The average molecular weight is 221 g/mol. The Morgan fingerprint density at radius 1 is 1.38 bits per heavy atom. The van der Waals surface area contributed by atoms with Gasteiger partial charge in [0.2, 0.25) is 0 Å². The van der Waals surface area contributed by atoms with Crippen molar-refractivity contribution in [3.63, 3.8) is 0 Å². The molecule has 0 aliphatic heterocycles. The number of ether oxygens (including phenoxy) is 1. The molecule has 0 bridgehead atoms. The lowest BCUT2D eigenvalue weighted by atomic mass is 10.1. The van der Waals surface area contributed by atoms with Crippen molar-refractivity contribution in [2.24, 2.45) is 0 Å². The second kappa shape index (κ2) is 4.78. The van der Waals surface area contributed by atoms with Gasteiger partial charge in [-0.1, -0.05) is 13.3 Å². The predicted octanol–water partition coefficient (Wildman–Crippen LogP) is 2.04. The number of methoxy groups -OCH3 is 1. The Balaban J connectivity index is 2.31. The van der Waals surface area contributed by atoms with E-state index in [9.17, 15) is 0 Å². The van der Waals surface area contributed by atoms with Crippen molar-refractivity contribution in [3.8, 4) is 0 Å². The molecule has 0 saturated carbocycles. The fourth-order valence-electron chi connectivity index (χ4n) is 2.24. The summed E-state index contributed by atoms with van der Waals surface area (Å²) in [5, 5.41) is 0. The number of aryl methyl sites for hydroxylation is 1. The van der Waals surface area contributed by atoms with Crippen molar-refractivity contribution in [2.75, 3.05) is 12.8 Å². The van der Waals surface area contributed by atoms with Crippen molar-refractivity contribution in [3.05, 3.63) is 17.1 Å². The second-order valence-corrected chi connectivity index (χ2v) is 4.26. The number of fused-ring (bicyclic) bond motifs is 1. The molecular formula is C12H19N3O. The topological polar surface area (TPSA) is 61.0 Å². The fraction of sp³-hybridized carbons (Fsp3) is 0.667. The quantitative estimate of drug-likeness (QED) is 0.845. The zero-order valence-corrected chi connectivity index (χ0v) is 9.99. The highest BCUT2D eigenvalue weighted by Crippen LogP contribution is 2.27. The van der Waals surface area contributed by atoms with Crippen LogP contribution in [0.2, 0.25) is 0 Å². The molecule has 2 rings (SSSR count). The van der Waals surface area contributed by atoms with E-state index < -0.39 is 0 Å². The van der Waals surface area contributed by atoms with Crippen LogP contribution in [0, 0.1) is 0 Å². The molecule has 1 heterocycles. The number of hydrogen-bond acceptors (Lipinski definition) is 4. The molecule has 1 aliphatic rings. The summed E-state index contributed by atoms with van der Waals surface area (Å²) in [6, 6.07) is 0. The first kappa shape index (κ1) is 11.3. The molecular weight excluding hydrogens is 202 g/mol. The summed E-state index contributed by atoms with van der Waals surface area (Å²) >= 11 is 0. The number of nitrogens with zero attached hydrogens (tertiary/aromatic N) is 2. The number of hydrogen-bond donors (Lipinski definition) is 1. The summed E-state index contributed by atoms with van der Waals surface area (Å²) in [5.41, 5.74) is 8.23. The van der Waals surface area contributed by atoms with E-state index in [0.29, 0.717) is 5.82 Å². The first-order valence-corrected chi connectivity index (χ1v) is 5.94. The second-order valence-electron chi connectivity index (χ2n) is 4.26. The molecule has 4 nitrogen and oxygen atoms in total. The third-order valence-electron chi connectivity index (χ3n) is 3.11.